The Labute approximate surface area is 176 Å². The van der Waals surface area contributed by atoms with Crippen LogP contribution in [-0.4, -0.2) is 40.2 Å². The summed E-state index contributed by atoms with van der Waals surface area (Å²) in [5.41, 5.74) is 1.02. The van der Waals surface area contributed by atoms with Crippen LogP contribution in [0, 0.1) is 6.92 Å². The van der Waals surface area contributed by atoms with E-state index < -0.39 is 22.7 Å². The summed E-state index contributed by atoms with van der Waals surface area (Å²) in [6.07, 6.45) is 0.0374. The molecule has 0 bridgehead atoms. The van der Waals surface area contributed by atoms with Crippen molar-refractivity contribution in [2.24, 2.45) is 0 Å². The third-order valence-electron chi connectivity index (χ3n) is 4.63. The van der Waals surface area contributed by atoms with Gasteiger partial charge in [-0.3, -0.25) is 0 Å². The molecule has 0 atom stereocenters. The zero-order valence-corrected chi connectivity index (χ0v) is 17.2. The van der Waals surface area contributed by atoms with Crippen molar-refractivity contribution in [3.8, 4) is 11.4 Å². The number of alkyl halides is 3. The second-order valence-electron chi connectivity index (χ2n) is 7.20. The number of sulfonamides is 1. The highest BCUT2D eigenvalue weighted by atomic mass is 32.2. The Morgan fingerprint density at radius 3 is 2.48 bits per heavy atom. The molecule has 1 saturated carbocycles. The van der Waals surface area contributed by atoms with Gasteiger partial charge in [0.15, 0.2) is 0 Å². The molecule has 1 fully saturated rings. The molecule has 3 aromatic rings. The number of aromatic nitrogens is 4. The van der Waals surface area contributed by atoms with Gasteiger partial charge in [-0.05, 0) is 50.1 Å². The lowest BCUT2D eigenvalue weighted by Gasteiger charge is -2.13. The van der Waals surface area contributed by atoms with Crippen molar-refractivity contribution in [1.82, 2.24) is 24.2 Å². The predicted molar refractivity (Wildman–Crippen MR) is 107 cm³/mol. The molecule has 0 unspecified atom stereocenters. The molecule has 1 aliphatic carbocycles. The maximum Gasteiger partial charge on any atom is 0.406 e. The molecule has 0 aliphatic heterocycles. The van der Waals surface area contributed by atoms with Gasteiger partial charge in [-0.25, -0.2) is 28.1 Å². The molecule has 1 aliphatic rings. The van der Waals surface area contributed by atoms with Crippen LogP contribution in [0.15, 0.2) is 47.6 Å². The van der Waals surface area contributed by atoms with Crippen molar-refractivity contribution < 1.29 is 21.6 Å². The fourth-order valence-corrected chi connectivity index (χ4v) is 4.25. The Morgan fingerprint density at radius 1 is 1.13 bits per heavy atom. The van der Waals surface area contributed by atoms with E-state index in [0.717, 1.165) is 17.4 Å². The van der Waals surface area contributed by atoms with E-state index in [2.05, 4.69) is 25.0 Å². The largest absolute Gasteiger partial charge is 0.406 e. The number of hydrogen-bond donors (Lipinski definition) is 2. The third-order valence-corrected chi connectivity index (χ3v) is 6.17. The highest BCUT2D eigenvalue weighted by Crippen LogP contribution is 2.26. The molecule has 4 rings (SSSR count). The maximum absolute atomic E-state index is 12.9. The lowest BCUT2D eigenvalue weighted by Crippen LogP contribution is -2.25. The number of rotatable bonds is 7. The van der Waals surface area contributed by atoms with Crippen molar-refractivity contribution in [2.45, 2.75) is 43.4 Å². The second-order valence-corrected chi connectivity index (χ2v) is 8.92. The molecule has 0 radical (unpaired) electrons. The number of hydrogen-bond acceptors (Lipinski definition) is 6. The van der Waals surface area contributed by atoms with E-state index in [4.69, 9.17) is 0 Å². The van der Waals surface area contributed by atoms with Gasteiger partial charge in [-0.1, -0.05) is 0 Å². The Kier molecular flexibility index (Phi) is 5.43. The first-order valence-electron chi connectivity index (χ1n) is 9.42. The van der Waals surface area contributed by atoms with Gasteiger partial charge in [0, 0.05) is 17.9 Å². The molecule has 2 aromatic heterocycles. The zero-order chi connectivity index (χ0) is 22.2. The summed E-state index contributed by atoms with van der Waals surface area (Å²) in [5, 5.41) is 2.93. The van der Waals surface area contributed by atoms with Crippen LogP contribution in [0.3, 0.4) is 0 Å². The van der Waals surface area contributed by atoms with Crippen LogP contribution in [0.1, 0.15) is 18.7 Å². The average molecular weight is 452 g/mol. The standard InChI is InChI=1S/C19H19F3N6O2S/c1-12-24-10-17(28(12)11-19(20,21)22)16-8-9-23-18(26-16)25-13-4-6-15(7-5-13)31(29,30)27-14-2-3-14/h4-10,14,27H,2-3,11H2,1H3,(H,23,25,26). The number of imidazole rings is 1. The molecule has 0 amide bonds. The molecule has 12 heteroatoms. The fourth-order valence-electron chi connectivity index (χ4n) is 2.95. The predicted octanol–water partition coefficient (Wildman–Crippen LogP) is 3.40. The van der Waals surface area contributed by atoms with Gasteiger partial charge in [0.05, 0.1) is 22.5 Å². The van der Waals surface area contributed by atoms with Crippen LogP contribution in [0.5, 0.6) is 0 Å². The Morgan fingerprint density at radius 2 is 1.84 bits per heavy atom. The molecule has 2 heterocycles. The number of anilines is 2. The first-order chi connectivity index (χ1) is 14.6. The van der Waals surface area contributed by atoms with E-state index >= 15 is 0 Å². The minimum atomic E-state index is -4.40. The summed E-state index contributed by atoms with van der Waals surface area (Å²) >= 11 is 0. The lowest BCUT2D eigenvalue weighted by atomic mass is 10.3. The van der Waals surface area contributed by atoms with Crippen LogP contribution in [0.4, 0.5) is 24.8 Å². The molecule has 0 spiro atoms. The normalized spacial score (nSPS) is 14.6. The summed E-state index contributed by atoms with van der Waals surface area (Å²) in [7, 11) is -3.56. The van der Waals surface area contributed by atoms with Crippen LogP contribution >= 0.6 is 0 Å². The van der Waals surface area contributed by atoms with Gasteiger partial charge in [-0.15, -0.1) is 0 Å². The van der Waals surface area contributed by atoms with Gasteiger partial charge in [0.25, 0.3) is 0 Å². The van der Waals surface area contributed by atoms with E-state index in [9.17, 15) is 21.6 Å². The van der Waals surface area contributed by atoms with Gasteiger partial charge >= 0.3 is 6.18 Å². The fraction of sp³-hybridized carbons (Fsp3) is 0.316. The molecule has 2 N–H and O–H groups in total. The molecule has 8 nitrogen and oxygen atoms in total. The summed E-state index contributed by atoms with van der Waals surface area (Å²) in [6, 6.07) is 7.55. The number of nitrogens with one attached hydrogen (secondary N) is 2. The zero-order valence-electron chi connectivity index (χ0n) is 16.4. The van der Waals surface area contributed by atoms with Gasteiger partial charge in [0.1, 0.15) is 12.4 Å². The smallest absolute Gasteiger partial charge is 0.324 e. The Bertz CT molecular complexity index is 1190. The summed E-state index contributed by atoms with van der Waals surface area (Å²) in [4.78, 5) is 12.5. The molecular weight excluding hydrogens is 433 g/mol. The van der Waals surface area contributed by atoms with Crippen molar-refractivity contribution in [3.05, 3.63) is 48.5 Å². The number of halogens is 3. The monoisotopic (exact) mass is 452 g/mol. The third kappa shape index (κ3) is 5.20. The lowest BCUT2D eigenvalue weighted by molar-refractivity contribution is -0.140. The van der Waals surface area contributed by atoms with Crippen molar-refractivity contribution in [1.29, 1.82) is 0 Å². The van der Waals surface area contributed by atoms with Crippen molar-refractivity contribution in [3.63, 3.8) is 0 Å². The molecule has 0 saturated heterocycles. The van der Waals surface area contributed by atoms with E-state index in [1.54, 1.807) is 12.1 Å². The van der Waals surface area contributed by atoms with Crippen LogP contribution < -0.4 is 10.0 Å². The molecule has 31 heavy (non-hydrogen) atoms. The summed E-state index contributed by atoms with van der Waals surface area (Å²) in [5.74, 6) is 0.374. The van der Waals surface area contributed by atoms with Crippen LogP contribution in [0.25, 0.3) is 11.4 Å². The summed E-state index contributed by atoms with van der Waals surface area (Å²) < 4.78 is 66.9. The highest BCUT2D eigenvalue weighted by molar-refractivity contribution is 7.89. The average Bonchev–Trinajstić information content (AvgIpc) is 3.43. The molecule has 1 aromatic carbocycles. The van der Waals surface area contributed by atoms with E-state index in [1.165, 1.54) is 37.5 Å². The number of aryl methyl sites for hydroxylation is 1. The van der Waals surface area contributed by atoms with E-state index in [1.807, 2.05) is 0 Å². The van der Waals surface area contributed by atoms with Crippen LogP contribution in [0.2, 0.25) is 0 Å². The van der Waals surface area contributed by atoms with Gasteiger partial charge in [0.2, 0.25) is 16.0 Å². The molecular formula is C19H19F3N6O2S. The van der Waals surface area contributed by atoms with Crippen molar-refractivity contribution in [2.75, 3.05) is 5.32 Å². The second kappa shape index (κ2) is 7.93. The van der Waals surface area contributed by atoms with Crippen LogP contribution in [-0.2, 0) is 16.6 Å². The first kappa shape index (κ1) is 21.2. The van der Waals surface area contributed by atoms with E-state index in [-0.39, 0.29) is 34.1 Å². The van der Waals surface area contributed by atoms with Gasteiger partial charge < -0.3 is 9.88 Å². The summed E-state index contributed by atoms with van der Waals surface area (Å²) in [6.45, 7) is 0.315. The quantitative estimate of drug-likeness (QED) is 0.570. The van der Waals surface area contributed by atoms with E-state index in [0.29, 0.717) is 5.69 Å². The number of benzene rings is 1. The maximum atomic E-state index is 12.9. The topological polar surface area (TPSA) is 102 Å². The van der Waals surface area contributed by atoms with Gasteiger partial charge in [-0.2, -0.15) is 13.2 Å². The SMILES string of the molecule is Cc1ncc(-c2ccnc(Nc3ccc(S(=O)(=O)NC4CC4)cc3)n2)n1CC(F)(F)F. The Balaban J connectivity index is 1.53. The number of nitrogens with zero attached hydrogens (tertiary/aromatic N) is 4. The highest BCUT2D eigenvalue weighted by Gasteiger charge is 2.30. The Hall–Kier alpha value is -2.99. The van der Waals surface area contributed by atoms with Crippen molar-refractivity contribution >= 4 is 21.7 Å². The molecule has 164 valence electrons. The first-order valence-corrected chi connectivity index (χ1v) is 10.9. The minimum Gasteiger partial charge on any atom is -0.324 e. The minimum absolute atomic E-state index is 0.00774.